The molecule has 0 aliphatic carbocycles. The largest absolute Gasteiger partial charge is 0.484 e. The summed E-state index contributed by atoms with van der Waals surface area (Å²) in [5.74, 6) is -0.0319. The predicted molar refractivity (Wildman–Crippen MR) is 97.2 cm³/mol. The summed E-state index contributed by atoms with van der Waals surface area (Å²) in [5.41, 5.74) is 3.83. The zero-order valence-corrected chi connectivity index (χ0v) is 15.0. The third-order valence-electron chi connectivity index (χ3n) is 3.67. The van der Waals surface area contributed by atoms with Gasteiger partial charge in [-0.15, -0.1) is 0 Å². The topological polar surface area (TPSA) is 64.6 Å². The molecule has 0 atom stereocenters. The number of anilines is 1. The van der Waals surface area contributed by atoms with Crippen molar-refractivity contribution in [2.45, 2.75) is 27.7 Å². The summed E-state index contributed by atoms with van der Waals surface area (Å²) in [6.07, 6.45) is 0. The lowest BCUT2D eigenvalue weighted by molar-refractivity contribution is -0.118. The van der Waals surface area contributed by atoms with Crippen LogP contribution in [0.4, 0.5) is 5.69 Å². The smallest absolute Gasteiger partial charge is 0.338 e. The van der Waals surface area contributed by atoms with Crippen LogP contribution in [0.5, 0.6) is 5.75 Å². The Morgan fingerprint density at radius 1 is 1.04 bits per heavy atom. The van der Waals surface area contributed by atoms with Crippen LogP contribution in [0.1, 0.15) is 34.0 Å². The molecule has 5 heteroatoms. The van der Waals surface area contributed by atoms with Gasteiger partial charge in [0, 0.05) is 5.69 Å². The molecule has 0 bridgehead atoms. The monoisotopic (exact) mass is 341 g/mol. The number of carbonyl (C=O) groups is 2. The summed E-state index contributed by atoms with van der Waals surface area (Å²) in [6, 6.07) is 10.9. The number of carbonyl (C=O) groups excluding carboxylic acids is 2. The van der Waals surface area contributed by atoms with Crippen molar-refractivity contribution in [1.29, 1.82) is 0 Å². The number of esters is 1. The maximum Gasteiger partial charge on any atom is 0.338 e. The van der Waals surface area contributed by atoms with Crippen LogP contribution in [0.15, 0.2) is 36.4 Å². The average molecular weight is 341 g/mol. The van der Waals surface area contributed by atoms with Crippen LogP contribution in [-0.4, -0.2) is 25.1 Å². The molecule has 0 aliphatic rings. The van der Waals surface area contributed by atoms with Crippen molar-refractivity contribution in [2.24, 2.45) is 0 Å². The van der Waals surface area contributed by atoms with Gasteiger partial charge in [-0.3, -0.25) is 4.79 Å². The summed E-state index contributed by atoms with van der Waals surface area (Å²) in [5, 5.41) is 2.78. The molecular weight excluding hydrogens is 318 g/mol. The second-order valence-corrected chi connectivity index (χ2v) is 5.86. The predicted octanol–water partition coefficient (Wildman–Crippen LogP) is 3.81. The van der Waals surface area contributed by atoms with Crippen LogP contribution in [0.3, 0.4) is 0 Å². The van der Waals surface area contributed by atoms with Crippen molar-refractivity contribution in [1.82, 2.24) is 0 Å². The highest BCUT2D eigenvalue weighted by Crippen LogP contribution is 2.20. The zero-order valence-electron chi connectivity index (χ0n) is 15.0. The second-order valence-electron chi connectivity index (χ2n) is 5.86. The summed E-state index contributed by atoms with van der Waals surface area (Å²) in [4.78, 5) is 24.1. The van der Waals surface area contributed by atoms with E-state index in [4.69, 9.17) is 9.47 Å². The molecule has 2 rings (SSSR count). The lowest BCUT2D eigenvalue weighted by atomic mass is 10.1. The maximum atomic E-state index is 12.2. The van der Waals surface area contributed by atoms with Crippen molar-refractivity contribution < 1.29 is 19.1 Å². The molecule has 1 N–H and O–H groups in total. The van der Waals surface area contributed by atoms with E-state index in [2.05, 4.69) is 5.32 Å². The van der Waals surface area contributed by atoms with Gasteiger partial charge < -0.3 is 14.8 Å². The lowest BCUT2D eigenvalue weighted by Crippen LogP contribution is -2.21. The first-order valence-corrected chi connectivity index (χ1v) is 8.18. The highest BCUT2D eigenvalue weighted by molar-refractivity contribution is 5.97. The van der Waals surface area contributed by atoms with Gasteiger partial charge in [-0.05, 0) is 68.7 Å². The van der Waals surface area contributed by atoms with Gasteiger partial charge in [0.2, 0.25) is 0 Å². The normalized spacial score (nSPS) is 10.2. The summed E-state index contributed by atoms with van der Waals surface area (Å²) >= 11 is 0. The molecule has 132 valence electrons. The Labute approximate surface area is 148 Å². The van der Waals surface area contributed by atoms with E-state index in [1.54, 1.807) is 32.0 Å². The standard InChI is InChI=1S/C20H23NO4/c1-5-24-20(23)17-7-6-8-18(15(17)4)21-19(22)12-25-16-10-13(2)9-14(3)11-16/h6-11H,5,12H2,1-4H3,(H,21,22). The summed E-state index contributed by atoms with van der Waals surface area (Å²) in [6.45, 7) is 7.68. The van der Waals surface area contributed by atoms with Crippen LogP contribution < -0.4 is 10.1 Å². The van der Waals surface area contributed by atoms with Crippen LogP contribution >= 0.6 is 0 Å². The molecule has 0 unspecified atom stereocenters. The first-order chi connectivity index (χ1) is 11.9. The molecule has 25 heavy (non-hydrogen) atoms. The molecule has 0 aliphatic heterocycles. The molecule has 2 aromatic rings. The van der Waals surface area contributed by atoms with Gasteiger partial charge in [-0.2, -0.15) is 0 Å². The molecule has 0 saturated carbocycles. The number of amides is 1. The molecular formula is C20H23NO4. The number of rotatable bonds is 6. The summed E-state index contributed by atoms with van der Waals surface area (Å²) < 4.78 is 10.6. The highest BCUT2D eigenvalue weighted by atomic mass is 16.5. The number of nitrogens with one attached hydrogen (secondary N) is 1. The Morgan fingerprint density at radius 2 is 1.72 bits per heavy atom. The number of hydrogen-bond donors (Lipinski definition) is 1. The van der Waals surface area contributed by atoms with Crippen molar-refractivity contribution in [3.63, 3.8) is 0 Å². The van der Waals surface area contributed by atoms with E-state index in [1.165, 1.54) is 0 Å². The highest BCUT2D eigenvalue weighted by Gasteiger charge is 2.14. The van der Waals surface area contributed by atoms with Crippen LogP contribution in [0.2, 0.25) is 0 Å². The molecule has 1 amide bonds. The maximum absolute atomic E-state index is 12.2. The summed E-state index contributed by atoms with van der Waals surface area (Å²) in [7, 11) is 0. The zero-order chi connectivity index (χ0) is 18.4. The number of aryl methyl sites for hydroxylation is 2. The minimum Gasteiger partial charge on any atom is -0.484 e. The fourth-order valence-corrected chi connectivity index (χ4v) is 2.55. The molecule has 0 aromatic heterocycles. The van der Waals surface area contributed by atoms with E-state index in [0.29, 0.717) is 29.2 Å². The third-order valence-corrected chi connectivity index (χ3v) is 3.67. The molecule has 0 spiro atoms. The first-order valence-electron chi connectivity index (χ1n) is 8.18. The van der Waals surface area contributed by atoms with Gasteiger partial charge >= 0.3 is 5.97 Å². The number of benzene rings is 2. The van der Waals surface area contributed by atoms with Gasteiger partial charge in [0.1, 0.15) is 5.75 Å². The minimum absolute atomic E-state index is 0.105. The van der Waals surface area contributed by atoms with Gasteiger partial charge in [-0.25, -0.2) is 4.79 Å². The quantitative estimate of drug-likeness (QED) is 0.812. The van der Waals surface area contributed by atoms with E-state index < -0.39 is 5.97 Å². The van der Waals surface area contributed by atoms with E-state index in [1.807, 2.05) is 32.0 Å². The molecule has 0 saturated heterocycles. The van der Waals surface area contributed by atoms with Crippen molar-refractivity contribution in [2.75, 3.05) is 18.5 Å². The Kier molecular flexibility index (Phi) is 6.17. The molecule has 0 radical (unpaired) electrons. The SMILES string of the molecule is CCOC(=O)c1cccc(NC(=O)COc2cc(C)cc(C)c2)c1C. The van der Waals surface area contributed by atoms with Gasteiger partial charge in [0.25, 0.3) is 5.91 Å². The Morgan fingerprint density at radius 3 is 2.36 bits per heavy atom. The molecule has 5 nitrogen and oxygen atoms in total. The van der Waals surface area contributed by atoms with Gasteiger partial charge in [-0.1, -0.05) is 12.1 Å². The third kappa shape index (κ3) is 5.08. The van der Waals surface area contributed by atoms with Gasteiger partial charge in [0.15, 0.2) is 6.61 Å². The van der Waals surface area contributed by atoms with E-state index in [0.717, 1.165) is 11.1 Å². The van der Waals surface area contributed by atoms with E-state index in [9.17, 15) is 9.59 Å². The Balaban J connectivity index is 2.03. The Hall–Kier alpha value is -2.82. The molecule has 2 aromatic carbocycles. The fraction of sp³-hybridized carbons (Fsp3) is 0.300. The van der Waals surface area contributed by atoms with Crippen LogP contribution in [0, 0.1) is 20.8 Å². The van der Waals surface area contributed by atoms with E-state index in [-0.39, 0.29) is 12.5 Å². The first kappa shape index (κ1) is 18.5. The molecule has 0 fully saturated rings. The van der Waals surface area contributed by atoms with Crippen LogP contribution in [-0.2, 0) is 9.53 Å². The number of ether oxygens (including phenoxy) is 2. The number of hydrogen-bond acceptors (Lipinski definition) is 4. The fourth-order valence-electron chi connectivity index (χ4n) is 2.55. The average Bonchev–Trinajstić information content (AvgIpc) is 2.54. The molecule has 0 heterocycles. The minimum atomic E-state index is -0.400. The van der Waals surface area contributed by atoms with Crippen LogP contribution in [0.25, 0.3) is 0 Å². The second kappa shape index (κ2) is 8.33. The van der Waals surface area contributed by atoms with Crippen molar-refractivity contribution >= 4 is 17.6 Å². The Bertz CT molecular complexity index is 763. The van der Waals surface area contributed by atoms with Gasteiger partial charge in [0.05, 0.1) is 12.2 Å². The van der Waals surface area contributed by atoms with E-state index >= 15 is 0 Å². The van der Waals surface area contributed by atoms with Crippen molar-refractivity contribution in [3.8, 4) is 5.75 Å². The lowest BCUT2D eigenvalue weighted by Gasteiger charge is -2.13. The van der Waals surface area contributed by atoms with Crippen molar-refractivity contribution in [3.05, 3.63) is 58.7 Å².